The summed E-state index contributed by atoms with van der Waals surface area (Å²) in [6, 6.07) is 0. The summed E-state index contributed by atoms with van der Waals surface area (Å²) in [6.07, 6.45) is 2.32. The van der Waals surface area contributed by atoms with Crippen molar-refractivity contribution in [1.29, 1.82) is 0 Å². The zero-order valence-electron chi connectivity index (χ0n) is 6.71. The van der Waals surface area contributed by atoms with E-state index in [-0.39, 0.29) is 5.12 Å². The second-order valence-corrected chi connectivity index (χ2v) is 3.41. The summed E-state index contributed by atoms with van der Waals surface area (Å²) in [5.41, 5.74) is 10.5. The topological polar surface area (TPSA) is 69.1 Å². The minimum atomic E-state index is 0.240. The van der Waals surface area contributed by atoms with E-state index < -0.39 is 0 Å². The summed E-state index contributed by atoms with van der Waals surface area (Å²) >= 11 is 1.37. The average molecular weight is 176 g/mol. The van der Waals surface area contributed by atoms with Gasteiger partial charge in [-0.2, -0.15) is 0 Å². The summed E-state index contributed by atoms with van der Waals surface area (Å²) in [4.78, 5) is 10.9. The van der Waals surface area contributed by atoms with Crippen molar-refractivity contribution in [3.05, 3.63) is 0 Å². The Kier molecular flexibility index (Phi) is 8.00. The predicted molar refractivity (Wildman–Crippen MR) is 49.4 cm³/mol. The van der Waals surface area contributed by atoms with Crippen LogP contribution in [0.5, 0.6) is 0 Å². The number of hydrogen-bond acceptors (Lipinski definition) is 4. The van der Waals surface area contributed by atoms with Crippen molar-refractivity contribution in [2.24, 2.45) is 11.5 Å². The van der Waals surface area contributed by atoms with Crippen molar-refractivity contribution in [2.75, 3.05) is 18.8 Å². The van der Waals surface area contributed by atoms with Crippen molar-refractivity contribution < 1.29 is 4.79 Å². The second kappa shape index (κ2) is 8.04. The van der Waals surface area contributed by atoms with Crippen LogP contribution >= 0.6 is 11.8 Å². The van der Waals surface area contributed by atoms with Gasteiger partial charge in [-0.1, -0.05) is 11.8 Å². The highest BCUT2D eigenvalue weighted by molar-refractivity contribution is 8.13. The van der Waals surface area contributed by atoms with Crippen molar-refractivity contribution in [1.82, 2.24) is 0 Å². The Morgan fingerprint density at radius 3 is 2.36 bits per heavy atom. The Labute approximate surface area is 71.9 Å². The molecule has 11 heavy (non-hydrogen) atoms. The van der Waals surface area contributed by atoms with Gasteiger partial charge in [-0.05, 0) is 25.9 Å². The molecule has 0 aromatic heterocycles. The molecule has 0 bridgehead atoms. The summed E-state index contributed by atoms with van der Waals surface area (Å²) < 4.78 is 0. The Bertz CT molecular complexity index is 109. The third-order valence-electron chi connectivity index (χ3n) is 1.20. The molecule has 0 radical (unpaired) electrons. The van der Waals surface area contributed by atoms with Crippen molar-refractivity contribution in [2.45, 2.75) is 19.3 Å². The lowest BCUT2D eigenvalue weighted by atomic mass is 10.3. The van der Waals surface area contributed by atoms with Crippen LogP contribution in [0.15, 0.2) is 0 Å². The van der Waals surface area contributed by atoms with E-state index in [1.165, 1.54) is 11.8 Å². The zero-order chi connectivity index (χ0) is 8.53. The van der Waals surface area contributed by atoms with Gasteiger partial charge in [0.15, 0.2) is 5.12 Å². The highest BCUT2D eigenvalue weighted by Crippen LogP contribution is 2.07. The summed E-state index contributed by atoms with van der Waals surface area (Å²) in [7, 11) is 0. The van der Waals surface area contributed by atoms with E-state index in [2.05, 4.69) is 0 Å². The molecule has 0 aromatic rings. The highest BCUT2D eigenvalue weighted by Gasteiger charge is 1.99. The molecular formula is C7H16N2OS. The molecule has 0 aromatic carbocycles. The number of carbonyl (C=O) groups excluding carboxylic acids is 1. The number of carbonyl (C=O) groups is 1. The van der Waals surface area contributed by atoms with Gasteiger partial charge in [0, 0.05) is 12.2 Å². The van der Waals surface area contributed by atoms with Crippen LogP contribution in [0.1, 0.15) is 19.3 Å². The number of hydrogen-bond donors (Lipinski definition) is 2. The summed E-state index contributed by atoms with van der Waals surface area (Å²) in [6.45, 7) is 1.26. The molecule has 4 N–H and O–H groups in total. The molecule has 0 saturated carbocycles. The van der Waals surface area contributed by atoms with E-state index in [4.69, 9.17) is 11.5 Å². The summed E-state index contributed by atoms with van der Waals surface area (Å²) in [5, 5.41) is 0.240. The smallest absolute Gasteiger partial charge is 0.188 e. The van der Waals surface area contributed by atoms with Crippen LogP contribution in [0.2, 0.25) is 0 Å². The quantitative estimate of drug-likeness (QED) is 0.572. The largest absolute Gasteiger partial charge is 0.330 e. The molecule has 0 aliphatic rings. The fraction of sp³-hybridized carbons (Fsp3) is 0.857. The minimum absolute atomic E-state index is 0.240. The van der Waals surface area contributed by atoms with Gasteiger partial charge in [-0.15, -0.1) is 0 Å². The van der Waals surface area contributed by atoms with Gasteiger partial charge < -0.3 is 11.5 Å². The molecule has 0 rings (SSSR count). The van der Waals surface area contributed by atoms with E-state index in [1.807, 2.05) is 0 Å². The number of thioether (sulfide) groups is 1. The standard InChI is InChI=1S/C7H16N2OS/c8-4-1-3-7(10)11-6-2-5-9/h1-6,8-9H2. The molecule has 66 valence electrons. The van der Waals surface area contributed by atoms with Crippen LogP contribution in [-0.4, -0.2) is 24.0 Å². The first kappa shape index (κ1) is 10.9. The molecule has 0 amide bonds. The normalized spacial score (nSPS) is 10.0. The third-order valence-corrected chi connectivity index (χ3v) is 2.22. The molecular weight excluding hydrogens is 160 g/mol. The van der Waals surface area contributed by atoms with Gasteiger partial charge in [-0.3, -0.25) is 4.79 Å². The lowest BCUT2D eigenvalue weighted by molar-refractivity contribution is -0.111. The van der Waals surface area contributed by atoms with Crippen molar-refractivity contribution in [3.8, 4) is 0 Å². The minimum Gasteiger partial charge on any atom is -0.330 e. The van der Waals surface area contributed by atoms with Crippen LogP contribution in [0.3, 0.4) is 0 Å². The van der Waals surface area contributed by atoms with E-state index >= 15 is 0 Å². The molecule has 4 heteroatoms. The fourth-order valence-corrected chi connectivity index (χ4v) is 1.42. The zero-order valence-corrected chi connectivity index (χ0v) is 7.53. The Balaban J connectivity index is 3.09. The maximum absolute atomic E-state index is 10.9. The molecule has 0 spiro atoms. The van der Waals surface area contributed by atoms with Crippen LogP contribution in [0.25, 0.3) is 0 Å². The van der Waals surface area contributed by atoms with Gasteiger partial charge in [0.25, 0.3) is 0 Å². The van der Waals surface area contributed by atoms with E-state index in [9.17, 15) is 4.79 Å². The van der Waals surface area contributed by atoms with Crippen LogP contribution in [0.4, 0.5) is 0 Å². The Hall–Kier alpha value is -0.0600. The van der Waals surface area contributed by atoms with Crippen LogP contribution in [-0.2, 0) is 4.79 Å². The number of nitrogens with two attached hydrogens (primary N) is 2. The first-order valence-electron chi connectivity index (χ1n) is 3.87. The van der Waals surface area contributed by atoms with E-state index in [1.54, 1.807) is 0 Å². The first-order chi connectivity index (χ1) is 5.31. The fourth-order valence-electron chi connectivity index (χ4n) is 0.588. The molecule has 3 nitrogen and oxygen atoms in total. The average Bonchev–Trinajstić information content (AvgIpc) is 2.01. The SMILES string of the molecule is NCCCSC(=O)CCCN. The lowest BCUT2D eigenvalue weighted by Crippen LogP contribution is -2.04. The maximum Gasteiger partial charge on any atom is 0.188 e. The van der Waals surface area contributed by atoms with Gasteiger partial charge in [-0.25, -0.2) is 0 Å². The van der Waals surface area contributed by atoms with Crippen molar-refractivity contribution >= 4 is 16.9 Å². The molecule has 0 aliphatic heterocycles. The number of rotatable bonds is 6. The molecule has 0 fully saturated rings. The highest BCUT2D eigenvalue weighted by atomic mass is 32.2. The van der Waals surface area contributed by atoms with E-state index in [0.717, 1.165) is 18.6 Å². The predicted octanol–water partition coefficient (Wildman–Crippen LogP) is 0.334. The van der Waals surface area contributed by atoms with Crippen LogP contribution in [0, 0.1) is 0 Å². The van der Waals surface area contributed by atoms with E-state index in [0.29, 0.717) is 19.5 Å². The monoisotopic (exact) mass is 176 g/mol. The summed E-state index contributed by atoms with van der Waals surface area (Å²) in [5.74, 6) is 0.847. The Morgan fingerprint density at radius 2 is 1.82 bits per heavy atom. The van der Waals surface area contributed by atoms with Crippen molar-refractivity contribution in [3.63, 3.8) is 0 Å². The molecule has 0 saturated heterocycles. The Morgan fingerprint density at radius 1 is 1.18 bits per heavy atom. The molecule has 0 aliphatic carbocycles. The van der Waals surface area contributed by atoms with Gasteiger partial charge >= 0.3 is 0 Å². The van der Waals surface area contributed by atoms with Gasteiger partial charge in [0.1, 0.15) is 0 Å². The molecule has 0 atom stereocenters. The lowest BCUT2D eigenvalue weighted by Gasteiger charge is -1.97. The van der Waals surface area contributed by atoms with Gasteiger partial charge in [0.05, 0.1) is 0 Å². The molecule has 0 heterocycles. The van der Waals surface area contributed by atoms with Crippen LogP contribution < -0.4 is 11.5 Å². The molecule has 0 unspecified atom stereocenters. The second-order valence-electron chi connectivity index (χ2n) is 2.25. The first-order valence-corrected chi connectivity index (χ1v) is 4.85. The van der Waals surface area contributed by atoms with Gasteiger partial charge in [0.2, 0.25) is 0 Å². The third kappa shape index (κ3) is 7.84. The maximum atomic E-state index is 10.9.